The van der Waals surface area contributed by atoms with Gasteiger partial charge in [0.1, 0.15) is 22.8 Å². The van der Waals surface area contributed by atoms with Crippen molar-refractivity contribution in [3.63, 3.8) is 0 Å². The molecule has 3 heterocycles. The Balaban J connectivity index is 1.25. The molecule has 0 unspecified atom stereocenters. The summed E-state index contributed by atoms with van der Waals surface area (Å²) in [5, 5.41) is 22.7. The fourth-order valence-electron chi connectivity index (χ4n) is 6.41. The number of benzene rings is 1. The highest BCUT2D eigenvalue weighted by molar-refractivity contribution is 5.79. The van der Waals surface area contributed by atoms with Crippen LogP contribution in [0.5, 0.6) is 0 Å². The first-order chi connectivity index (χ1) is 19.9. The Labute approximate surface area is 237 Å². The van der Waals surface area contributed by atoms with Crippen LogP contribution >= 0.6 is 0 Å². The van der Waals surface area contributed by atoms with Crippen LogP contribution in [-0.2, 0) is 4.79 Å². The summed E-state index contributed by atoms with van der Waals surface area (Å²) >= 11 is 0. The van der Waals surface area contributed by atoms with Gasteiger partial charge in [-0.05, 0) is 89.4 Å². The maximum Gasteiger partial charge on any atom is 0.224 e. The van der Waals surface area contributed by atoms with Crippen LogP contribution in [0.3, 0.4) is 0 Å². The van der Waals surface area contributed by atoms with Crippen LogP contribution in [-0.4, -0.2) is 61.8 Å². The van der Waals surface area contributed by atoms with Crippen molar-refractivity contribution in [2.24, 2.45) is 5.92 Å². The fraction of sp³-hybridized carbons (Fsp3) is 0.586. The van der Waals surface area contributed by atoms with Crippen molar-refractivity contribution in [3.05, 3.63) is 36.0 Å². The van der Waals surface area contributed by atoms with Crippen molar-refractivity contribution >= 4 is 34.7 Å². The number of fused-ring (bicyclic) bond motifs is 1. The third kappa shape index (κ3) is 6.28. The monoisotopic (exact) mass is 568 g/mol. The molecule has 0 radical (unpaired) electrons. The summed E-state index contributed by atoms with van der Waals surface area (Å²) in [6.07, 6.45) is 9.18. The molecule has 10 nitrogen and oxygen atoms in total. The lowest BCUT2D eigenvalue weighted by atomic mass is 9.85. The normalized spacial score (nSPS) is 25.6. The standard InChI is InChI=1S/C29H38F2N8O2/c30-22-2-1-3-23(31)25(22)37-29-36-24-16-33-28(35-18-6-10-21(40)11-7-18)38-26(24)39(29)20-8-4-17(5-9-20)27(41)34-19-12-14-32-15-13-19/h1-3,16-21,32,40H,4-15H2,(H,34,41)(H,36,37)(H,33,35,38). The van der Waals surface area contributed by atoms with E-state index in [4.69, 9.17) is 4.98 Å². The van der Waals surface area contributed by atoms with Gasteiger partial charge >= 0.3 is 0 Å². The number of para-hydroxylation sites is 1. The highest BCUT2D eigenvalue weighted by Crippen LogP contribution is 2.38. The Bertz CT molecular complexity index is 1340. The van der Waals surface area contributed by atoms with E-state index >= 15 is 0 Å². The minimum Gasteiger partial charge on any atom is -0.393 e. The van der Waals surface area contributed by atoms with E-state index in [0.29, 0.717) is 48.7 Å². The van der Waals surface area contributed by atoms with Gasteiger partial charge in [-0.3, -0.25) is 9.36 Å². The van der Waals surface area contributed by atoms with Crippen molar-refractivity contribution in [2.75, 3.05) is 23.7 Å². The third-order valence-electron chi connectivity index (χ3n) is 8.78. The number of anilines is 3. The first kappa shape index (κ1) is 27.8. The van der Waals surface area contributed by atoms with E-state index in [1.54, 1.807) is 6.20 Å². The number of rotatable bonds is 7. The number of hydrogen-bond donors (Lipinski definition) is 5. The number of nitrogens with zero attached hydrogens (tertiary/aromatic N) is 4. The highest BCUT2D eigenvalue weighted by Gasteiger charge is 2.31. The molecule has 1 aliphatic heterocycles. The summed E-state index contributed by atoms with van der Waals surface area (Å²) in [6.45, 7) is 1.84. The topological polar surface area (TPSA) is 129 Å². The number of aliphatic hydroxyl groups excluding tert-OH is 1. The molecule has 0 bridgehead atoms. The number of halogens is 2. The van der Waals surface area contributed by atoms with Crippen LogP contribution in [0.2, 0.25) is 0 Å². The SMILES string of the molecule is O=C(NC1CCNCC1)C1CCC(n2c(Nc3c(F)cccc3F)nc3cnc(NC4CCC(O)CC4)nc32)CC1. The molecule has 3 aromatic rings. The lowest BCUT2D eigenvalue weighted by Gasteiger charge is -2.31. The molecule has 5 N–H and O–H groups in total. The van der Waals surface area contributed by atoms with Crippen LogP contribution < -0.4 is 21.3 Å². The van der Waals surface area contributed by atoms with Crippen LogP contribution in [0, 0.1) is 17.6 Å². The Morgan fingerprint density at radius 2 is 1.63 bits per heavy atom. The van der Waals surface area contributed by atoms with Gasteiger partial charge < -0.3 is 26.4 Å². The van der Waals surface area contributed by atoms with Crippen molar-refractivity contribution < 1.29 is 18.7 Å². The molecule has 2 saturated carbocycles. The van der Waals surface area contributed by atoms with Gasteiger partial charge in [0.15, 0.2) is 5.65 Å². The first-order valence-electron chi connectivity index (χ1n) is 14.9. The summed E-state index contributed by atoms with van der Waals surface area (Å²) in [7, 11) is 0. The first-order valence-corrected chi connectivity index (χ1v) is 14.9. The lowest BCUT2D eigenvalue weighted by molar-refractivity contribution is -0.127. The minimum atomic E-state index is -0.713. The molecular weight excluding hydrogens is 530 g/mol. The third-order valence-corrected chi connectivity index (χ3v) is 8.78. The van der Waals surface area contributed by atoms with E-state index in [1.807, 2.05) is 4.57 Å². The van der Waals surface area contributed by atoms with Crippen molar-refractivity contribution in [2.45, 2.75) is 88.4 Å². The van der Waals surface area contributed by atoms with E-state index in [9.17, 15) is 18.7 Å². The number of hydrogen-bond acceptors (Lipinski definition) is 8. The van der Waals surface area contributed by atoms with Crippen LogP contribution in [0.15, 0.2) is 24.4 Å². The fourth-order valence-corrected chi connectivity index (χ4v) is 6.41. The smallest absolute Gasteiger partial charge is 0.224 e. The van der Waals surface area contributed by atoms with Gasteiger partial charge in [0.05, 0.1) is 12.3 Å². The largest absolute Gasteiger partial charge is 0.393 e. The van der Waals surface area contributed by atoms with Gasteiger partial charge in [0.25, 0.3) is 0 Å². The predicted molar refractivity (Wildman–Crippen MR) is 152 cm³/mol. The van der Waals surface area contributed by atoms with E-state index in [1.165, 1.54) is 18.2 Å². The molecule has 12 heteroatoms. The molecule has 0 spiro atoms. The Kier molecular flexibility index (Phi) is 8.29. The predicted octanol–water partition coefficient (Wildman–Crippen LogP) is 4.16. The van der Waals surface area contributed by atoms with E-state index in [2.05, 4.69) is 31.2 Å². The van der Waals surface area contributed by atoms with Gasteiger partial charge in [0, 0.05) is 24.0 Å². The molecule has 1 amide bonds. The molecule has 1 aromatic carbocycles. The number of piperidine rings is 1. The second kappa shape index (κ2) is 12.2. The zero-order chi connectivity index (χ0) is 28.3. The molecule has 41 heavy (non-hydrogen) atoms. The molecule has 220 valence electrons. The molecule has 1 saturated heterocycles. The van der Waals surface area contributed by atoms with E-state index in [0.717, 1.165) is 51.6 Å². The zero-order valence-electron chi connectivity index (χ0n) is 23.1. The summed E-state index contributed by atoms with van der Waals surface area (Å²) in [4.78, 5) is 26.9. The number of aromatic nitrogens is 4. The van der Waals surface area contributed by atoms with Gasteiger partial charge in [-0.2, -0.15) is 4.98 Å². The van der Waals surface area contributed by atoms with Crippen LogP contribution in [0.4, 0.5) is 26.4 Å². The maximum atomic E-state index is 14.6. The number of aliphatic hydroxyl groups is 1. The Morgan fingerprint density at radius 1 is 0.927 bits per heavy atom. The lowest BCUT2D eigenvalue weighted by Crippen LogP contribution is -2.45. The zero-order valence-corrected chi connectivity index (χ0v) is 23.1. The molecule has 0 atom stereocenters. The molecular formula is C29H38F2N8O2. The highest BCUT2D eigenvalue weighted by atomic mass is 19.1. The van der Waals surface area contributed by atoms with Gasteiger partial charge in [0.2, 0.25) is 17.8 Å². The van der Waals surface area contributed by atoms with Crippen molar-refractivity contribution in [3.8, 4) is 0 Å². The minimum absolute atomic E-state index is 0.0622. The summed E-state index contributed by atoms with van der Waals surface area (Å²) in [6, 6.07) is 4.05. The second-order valence-electron chi connectivity index (χ2n) is 11.6. The molecule has 3 aliphatic rings. The Hall–Kier alpha value is -3.38. The quantitative estimate of drug-likeness (QED) is 0.287. The van der Waals surface area contributed by atoms with Crippen LogP contribution in [0.25, 0.3) is 11.2 Å². The van der Waals surface area contributed by atoms with Crippen molar-refractivity contribution in [1.82, 2.24) is 30.2 Å². The maximum absolute atomic E-state index is 14.6. The summed E-state index contributed by atoms with van der Waals surface area (Å²) in [5.74, 6) is -0.629. The van der Waals surface area contributed by atoms with E-state index in [-0.39, 0.29) is 41.7 Å². The molecule has 2 aliphatic carbocycles. The molecule has 2 aromatic heterocycles. The number of amides is 1. The van der Waals surface area contributed by atoms with Gasteiger partial charge in [-0.15, -0.1) is 0 Å². The average Bonchev–Trinajstić information content (AvgIpc) is 3.34. The molecule has 6 rings (SSSR count). The summed E-state index contributed by atoms with van der Waals surface area (Å²) in [5.41, 5.74) is 0.811. The van der Waals surface area contributed by atoms with Gasteiger partial charge in [-0.25, -0.2) is 18.7 Å². The summed E-state index contributed by atoms with van der Waals surface area (Å²) < 4.78 is 31.1. The van der Waals surface area contributed by atoms with Crippen LogP contribution in [0.1, 0.15) is 70.3 Å². The number of carbonyl (C=O) groups is 1. The number of nitrogens with one attached hydrogen (secondary N) is 4. The second-order valence-corrected chi connectivity index (χ2v) is 11.6. The number of carbonyl (C=O) groups excluding carboxylic acids is 1. The number of imidazole rings is 1. The van der Waals surface area contributed by atoms with E-state index < -0.39 is 11.6 Å². The van der Waals surface area contributed by atoms with Crippen molar-refractivity contribution in [1.29, 1.82) is 0 Å². The average molecular weight is 569 g/mol. The van der Waals surface area contributed by atoms with Gasteiger partial charge in [-0.1, -0.05) is 6.07 Å². The molecule has 3 fully saturated rings. The Morgan fingerprint density at radius 3 is 2.34 bits per heavy atom.